The van der Waals surface area contributed by atoms with E-state index in [0.717, 1.165) is 16.9 Å². The Morgan fingerprint density at radius 2 is 1.93 bits per heavy atom. The number of rotatable bonds is 7. The molecule has 0 aliphatic rings. The molecule has 0 unspecified atom stereocenters. The predicted molar refractivity (Wildman–Crippen MR) is 113 cm³/mol. The van der Waals surface area contributed by atoms with Gasteiger partial charge in [-0.3, -0.25) is 9.78 Å². The number of hydrogen-bond donors (Lipinski definition) is 2. The third-order valence-electron chi connectivity index (χ3n) is 3.97. The molecule has 1 amide bonds. The Hall–Kier alpha value is -4.05. The maximum absolute atomic E-state index is 11.5. The second kappa shape index (κ2) is 9.76. The van der Waals surface area contributed by atoms with Gasteiger partial charge >= 0.3 is 0 Å². The van der Waals surface area contributed by atoms with Crippen LogP contribution < -0.4 is 10.6 Å². The van der Waals surface area contributed by atoms with E-state index in [9.17, 15) is 4.79 Å². The van der Waals surface area contributed by atoms with Gasteiger partial charge < -0.3 is 10.6 Å². The summed E-state index contributed by atoms with van der Waals surface area (Å²) in [4.78, 5) is 15.9. The molecule has 0 atom stereocenters. The number of amides is 1. The number of hydrogen-bond acceptors (Lipinski definition) is 6. The predicted octanol–water partition coefficient (Wildman–Crippen LogP) is 5.45. The Morgan fingerprint density at radius 1 is 1.10 bits per heavy atom. The number of nitrogens with zero attached hydrogens (tertiary/aromatic N) is 4. The van der Waals surface area contributed by atoms with Gasteiger partial charge in [0, 0.05) is 30.9 Å². The van der Waals surface area contributed by atoms with Gasteiger partial charge in [0.25, 0.3) is 0 Å². The molecule has 2 N–H and O–H groups in total. The highest BCUT2D eigenvalue weighted by Gasteiger charge is 2.06. The highest BCUT2D eigenvalue weighted by Crippen LogP contribution is 2.30. The van der Waals surface area contributed by atoms with Crippen LogP contribution in [0, 0.1) is 11.3 Å². The summed E-state index contributed by atoms with van der Waals surface area (Å²) in [7, 11) is 0. The van der Waals surface area contributed by atoms with Crippen molar-refractivity contribution >= 4 is 28.7 Å². The Bertz CT molecular complexity index is 1040. The number of benzene rings is 2. The summed E-state index contributed by atoms with van der Waals surface area (Å²) in [5.41, 5.74) is 4.46. The third-order valence-corrected chi connectivity index (χ3v) is 3.97. The zero-order valence-electron chi connectivity index (χ0n) is 16.0. The van der Waals surface area contributed by atoms with Crippen LogP contribution in [0.1, 0.15) is 13.3 Å². The summed E-state index contributed by atoms with van der Waals surface area (Å²) >= 11 is 0. The Morgan fingerprint density at radius 3 is 2.62 bits per heavy atom. The topological polar surface area (TPSA) is 103 Å². The van der Waals surface area contributed by atoms with E-state index in [1.807, 2.05) is 48.5 Å². The van der Waals surface area contributed by atoms with Crippen LogP contribution in [0.5, 0.6) is 0 Å². The first kappa shape index (κ1) is 19.7. The average molecular weight is 384 g/mol. The minimum Gasteiger partial charge on any atom is -0.384 e. The van der Waals surface area contributed by atoms with Crippen molar-refractivity contribution in [2.75, 3.05) is 17.2 Å². The van der Waals surface area contributed by atoms with Crippen molar-refractivity contribution in [3.05, 3.63) is 66.9 Å². The lowest BCUT2D eigenvalue weighted by Crippen LogP contribution is -2.07. The third kappa shape index (κ3) is 5.71. The molecule has 144 valence electrons. The largest absolute Gasteiger partial charge is 0.384 e. The molecule has 0 bridgehead atoms. The minimum absolute atomic E-state index is 0.199. The SMILES string of the molecule is CC(=O)Nc1cc(NCCC#N)ccc1N=Nc1ccc(-c2ccccn2)cc1. The number of carbonyl (C=O) groups is 1. The van der Waals surface area contributed by atoms with Crippen molar-refractivity contribution in [2.24, 2.45) is 10.2 Å². The summed E-state index contributed by atoms with van der Waals surface area (Å²) in [5, 5.41) is 23.1. The molecule has 0 fully saturated rings. The highest BCUT2D eigenvalue weighted by molar-refractivity contribution is 5.92. The normalized spacial score (nSPS) is 10.5. The number of pyridine rings is 1. The molecule has 0 radical (unpaired) electrons. The quantitative estimate of drug-likeness (QED) is 0.418. The van der Waals surface area contributed by atoms with E-state index in [2.05, 4.69) is 31.9 Å². The molecule has 1 aromatic heterocycles. The molecule has 0 saturated heterocycles. The minimum atomic E-state index is -0.199. The second-order valence-electron chi connectivity index (χ2n) is 6.21. The van der Waals surface area contributed by atoms with Gasteiger partial charge in [-0.2, -0.15) is 10.4 Å². The van der Waals surface area contributed by atoms with Gasteiger partial charge in [0.05, 0.1) is 29.6 Å². The van der Waals surface area contributed by atoms with E-state index in [1.165, 1.54) is 6.92 Å². The summed E-state index contributed by atoms with van der Waals surface area (Å²) in [6.45, 7) is 1.96. The van der Waals surface area contributed by atoms with E-state index in [4.69, 9.17) is 5.26 Å². The molecule has 0 spiro atoms. The highest BCUT2D eigenvalue weighted by atomic mass is 16.1. The van der Waals surface area contributed by atoms with Crippen molar-refractivity contribution in [3.8, 4) is 17.3 Å². The first-order chi connectivity index (χ1) is 14.2. The van der Waals surface area contributed by atoms with Crippen LogP contribution in [0.15, 0.2) is 77.1 Å². The van der Waals surface area contributed by atoms with Gasteiger partial charge in [-0.1, -0.05) is 18.2 Å². The molecule has 3 rings (SSSR count). The van der Waals surface area contributed by atoms with Crippen LogP contribution in [-0.2, 0) is 4.79 Å². The molecule has 3 aromatic rings. The van der Waals surface area contributed by atoms with E-state index < -0.39 is 0 Å². The lowest BCUT2D eigenvalue weighted by atomic mass is 10.1. The van der Waals surface area contributed by atoms with Gasteiger partial charge in [0.1, 0.15) is 5.69 Å². The van der Waals surface area contributed by atoms with Crippen LogP contribution in [0.2, 0.25) is 0 Å². The molecule has 7 heteroatoms. The van der Waals surface area contributed by atoms with Crippen molar-refractivity contribution < 1.29 is 4.79 Å². The molecule has 7 nitrogen and oxygen atoms in total. The lowest BCUT2D eigenvalue weighted by molar-refractivity contribution is -0.114. The molecule has 0 saturated carbocycles. The maximum atomic E-state index is 11.5. The molecule has 0 aliphatic carbocycles. The van der Waals surface area contributed by atoms with Crippen LogP contribution in [0.3, 0.4) is 0 Å². The monoisotopic (exact) mass is 384 g/mol. The van der Waals surface area contributed by atoms with Gasteiger partial charge in [-0.05, 0) is 42.5 Å². The van der Waals surface area contributed by atoms with Crippen LogP contribution in [0.25, 0.3) is 11.3 Å². The van der Waals surface area contributed by atoms with Gasteiger partial charge in [-0.25, -0.2) is 0 Å². The van der Waals surface area contributed by atoms with Crippen molar-refractivity contribution in [1.82, 2.24) is 4.98 Å². The van der Waals surface area contributed by atoms with Gasteiger partial charge in [-0.15, -0.1) is 5.11 Å². The molecule has 1 heterocycles. The van der Waals surface area contributed by atoms with E-state index in [-0.39, 0.29) is 5.91 Å². The first-order valence-electron chi connectivity index (χ1n) is 9.11. The zero-order valence-corrected chi connectivity index (χ0v) is 16.0. The van der Waals surface area contributed by atoms with E-state index in [0.29, 0.717) is 30.0 Å². The Kier molecular flexibility index (Phi) is 6.63. The zero-order chi connectivity index (χ0) is 20.5. The van der Waals surface area contributed by atoms with E-state index >= 15 is 0 Å². The number of aromatic nitrogens is 1. The number of carbonyl (C=O) groups excluding carboxylic acids is 1. The molecule has 0 aliphatic heterocycles. The lowest BCUT2D eigenvalue weighted by Gasteiger charge is -2.10. The fourth-order valence-corrected chi connectivity index (χ4v) is 2.63. The van der Waals surface area contributed by atoms with Crippen molar-refractivity contribution in [2.45, 2.75) is 13.3 Å². The summed E-state index contributed by atoms with van der Waals surface area (Å²) in [6.07, 6.45) is 2.15. The molecular weight excluding hydrogens is 364 g/mol. The maximum Gasteiger partial charge on any atom is 0.221 e. The summed E-state index contributed by atoms with van der Waals surface area (Å²) in [5.74, 6) is -0.199. The van der Waals surface area contributed by atoms with E-state index in [1.54, 1.807) is 18.3 Å². The first-order valence-corrected chi connectivity index (χ1v) is 9.11. The van der Waals surface area contributed by atoms with Crippen molar-refractivity contribution in [1.29, 1.82) is 5.26 Å². The number of anilines is 2. The Labute approximate surface area is 169 Å². The van der Waals surface area contributed by atoms with Crippen LogP contribution in [-0.4, -0.2) is 17.4 Å². The number of nitriles is 1. The number of azo groups is 1. The fourth-order valence-electron chi connectivity index (χ4n) is 2.63. The van der Waals surface area contributed by atoms with Gasteiger partial charge in [0.15, 0.2) is 0 Å². The molecule has 2 aromatic carbocycles. The Balaban J connectivity index is 1.78. The second-order valence-corrected chi connectivity index (χ2v) is 6.21. The van der Waals surface area contributed by atoms with Gasteiger partial charge in [0.2, 0.25) is 5.91 Å². The molecular formula is C22H20N6O. The molecule has 29 heavy (non-hydrogen) atoms. The van der Waals surface area contributed by atoms with Crippen LogP contribution >= 0.6 is 0 Å². The average Bonchev–Trinajstić information content (AvgIpc) is 2.74. The summed E-state index contributed by atoms with van der Waals surface area (Å²) < 4.78 is 0. The standard InChI is InChI=1S/C22H20N6O/c1-16(29)26-22-15-19(24-14-4-12-23)10-11-21(22)28-27-18-8-6-17(7-9-18)20-5-2-3-13-25-20/h2-3,5-11,13,15,24H,4,14H2,1H3,(H,26,29). The smallest absolute Gasteiger partial charge is 0.221 e. The van der Waals surface area contributed by atoms with Crippen molar-refractivity contribution in [3.63, 3.8) is 0 Å². The van der Waals surface area contributed by atoms with Crippen LogP contribution in [0.4, 0.5) is 22.7 Å². The summed E-state index contributed by atoms with van der Waals surface area (Å²) in [6, 6.07) is 20.8. The fraction of sp³-hybridized carbons (Fsp3) is 0.136. The number of nitrogens with one attached hydrogen (secondary N) is 2.